The molecule has 1 heterocycles. The van der Waals surface area contributed by atoms with Crippen LogP contribution >= 0.6 is 22.9 Å². The number of Topliss-reactive ketones (excluding diaryl/α,β-unsaturated/α-hetero) is 1. The second kappa shape index (κ2) is 4.64. The summed E-state index contributed by atoms with van der Waals surface area (Å²) in [6.07, 6.45) is 1.33. The van der Waals surface area contributed by atoms with Crippen molar-refractivity contribution >= 4 is 40.2 Å². The molecule has 3 nitrogen and oxygen atoms in total. The van der Waals surface area contributed by atoms with Gasteiger partial charge >= 0.3 is 0 Å². The van der Waals surface area contributed by atoms with Gasteiger partial charge in [-0.1, -0.05) is 17.7 Å². The molecular formula is C14H8ClNO2S. The van der Waals surface area contributed by atoms with Crippen LogP contribution in [0, 0.1) is 0 Å². The number of rotatable bonds is 2. The normalized spacial score (nSPS) is 14.1. The minimum absolute atomic E-state index is 0.152. The molecule has 94 valence electrons. The second-order valence-electron chi connectivity index (χ2n) is 4.05. The number of hydrogen-bond donors (Lipinski definition) is 1. The smallest absolute Gasteiger partial charge is 0.219 e. The maximum atomic E-state index is 12.2. The van der Waals surface area contributed by atoms with Crippen LogP contribution in [0.25, 0.3) is 0 Å². The van der Waals surface area contributed by atoms with Crippen molar-refractivity contribution in [2.45, 2.75) is 0 Å². The lowest BCUT2D eigenvalue weighted by Gasteiger charge is -2.13. The average molecular weight is 290 g/mol. The highest BCUT2D eigenvalue weighted by molar-refractivity contribution is 7.12. The van der Waals surface area contributed by atoms with Gasteiger partial charge in [-0.15, -0.1) is 11.3 Å². The lowest BCUT2D eigenvalue weighted by Crippen LogP contribution is -2.19. The fourth-order valence-corrected chi connectivity index (χ4v) is 2.93. The van der Waals surface area contributed by atoms with Gasteiger partial charge in [0.25, 0.3) is 0 Å². The molecular weight excluding hydrogens is 282 g/mol. The van der Waals surface area contributed by atoms with Crippen molar-refractivity contribution in [1.29, 1.82) is 0 Å². The van der Waals surface area contributed by atoms with Crippen LogP contribution in [-0.2, 0) is 0 Å². The van der Waals surface area contributed by atoms with Gasteiger partial charge < -0.3 is 5.32 Å². The van der Waals surface area contributed by atoms with Gasteiger partial charge in [0, 0.05) is 22.3 Å². The van der Waals surface area contributed by atoms with Crippen molar-refractivity contribution in [2.75, 3.05) is 5.32 Å². The SMILES string of the molecule is O=C1C=C(Nc2cccc(Cl)c2)C(=O)c2sccc21. The van der Waals surface area contributed by atoms with E-state index >= 15 is 0 Å². The fourth-order valence-electron chi connectivity index (χ4n) is 1.89. The zero-order valence-corrected chi connectivity index (χ0v) is 11.2. The van der Waals surface area contributed by atoms with Crippen molar-refractivity contribution in [1.82, 2.24) is 0 Å². The first-order valence-electron chi connectivity index (χ1n) is 5.56. The van der Waals surface area contributed by atoms with E-state index in [0.717, 1.165) is 0 Å². The molecule has 2 aromatic rings. The minimum Gasteiger partial charge on any atom is -0.352 e. The van der Waals surface area contributed by atoms with Crippen molar-refractivity contribution in [3.05, 3.63) is 62.9 Å². The van der Waals surface area contributed by atoms with Crippen LogP contribution in [0.15, 0.2) is 47.5 Å². The van der Waals surface area contributed by atoms with Crippen LogP contribution in [0.2, 0.25) is 5.02 Å². The Morgan fingerprint density at radius 3 is 2.79 bits per heavy atom. The van der Waals surface area contributed by atoms with Crippen molar-refractivity contribution in [2.24, 2.45) is 0 Å². The van der Waals surface area contributed by atoms with Crippen molar-refractivity contribution in [3.8, 4) is 0 Å². The van der Waals surface area contributed by atoms with E-state index in [1.54, 1.807) is 35.7 Å². The molecule has 5 heteroatoms. The summed E-state index contributed by atoms with van der Waals surface area (Å²) in [4.78, 5) is 24.6. The average Bonchev–Trinajstić information content (AvgIpc) is 2.85. The van der Waals surface area contributed by atoms with Crippen LogP contribution in [-0.4, -0.2) is 11.6 Å². The highest BCUT2D eigenvalue weighted by Crippen LogP contribution is 2.27. The van der Waals surface area contributed by atoms with Gasteiger partial charge in [0.2, 0.25) is 5.78 Å². The summed E-state index contributed by atoms with van der Waals surface area (Å²) >= 11 is 7.16. The second-order valence-corrected chi connectivity index (χ2v) is 5.40. The van der Waals surface area contributed by atoms with Gasteiger partial charge in [-0.2, -0.15) is 0 Å². The molecule has 0 saturated heterocycles. The number of allylic oxidation sites excluding steroid dienone is 2. The Bertz CT molecular complexity index is 718. The number of nitrogens with one attached hydrogen (secondary N) is 1. The molecule has 0 spiro atoms. The van der Waals surface area contributed by atoms with Crippen LogP contribution in [0.3, 0.4) is 0 Å². The van der Waals surface area contributed by atoms with E-state index in [9.17, 15) is 9.59 Å². The van der Waals surface area contributed by atoms with E-state index in [2.05, 4.69) is 5.32 Å². The van der Waals surface area contributed by atoms with E-state index in [-0.39, 0.29) is 17.3 Å². The molecule has 0 unspecified atom stereocenters. The topological polar surface area (TPSA) is 46.2 Å². The third-order valence-electron chi connectivity index (χ3n) is 2.76. The quantitative estimate of drug-likeness (QED) is 0.915. The molecule has 0 bridgehead atoms. The van der Waals surface area contributed by atoms with E-state index < -0.39 is 0 Å². The molecule has 0 amide bonds. The van der Waals surface area contributed by atoms with Crippen LogP contribution in [0.4, 0.5) is 5.69 Å². The summed E-state index contributed by atoms with van der Waals surface area (Å²) < 4.78 is 0. The van der Waals surface area contributed by atoms with Crippen molar-refractivity contribution in [3.63, 3.8) is 0 Å². The number of halogens is 1. The molecule has 0 atom stereocenters. The Hall–Kier alpha value is -1.91. The number of carbonyl (C=O) groups excluding carboxylic acids is 2. The Morgan fingerprint density at radius 1 is 1.16 bits per heavy atom. The number of anilines is 1. The summed E-state index contributed by atoms with van der Waals surface area (Å²) in [6.45, 7) is 0. The van der Waals surface area contributed by atoms with E-state index in [1.165, 1.54) is 17.4 Å². The standard InChI is InChI=1S/C14H8ClNO2S/c15-8-2-1-3-9(6-8)16-11-7-12(17)10-4-5-19-14(10)13(11)18/h1-7,16H. The number of carbonyl (C=O) groups is 2. The maximum absolute atomic E-state index is 12.2. The maximum Gasteiger partial charge on any atom is 0.219 e. The molecule has 0 saturated carbocycles. The number of thiophene rings is 1. The van der Waals surface area contributed by atoms with Gasteiger partial charge in [-0.3, -0.25) is 9.59 Å². The Labute approximate surface area is 118 Å². The summed E-state index contributed by atoms with van der Waals surface area (Å²) in [6, 6.07) is 8.68. The summed E-state index contributed by atoms with van der Waals surface area (Å²) in [5, 5.41) is 5.26. The first kappa shape index (κ1) is 12.1. The lowest BCUT2D eigenvalue weighted by atomic mass is 10.0. The summed E-state index contributed by atoms with van der Waals surface area (Å²) in [5.74, 6) is -0.315. The highest BCUT2D eigenvalue weighted by Gasteiger charge is 2.26. The molecule has 0 fully saturated rings. The van der Waals surface area contributed by atoms with E-state index in [0.29, 0.717) is 21.2 Å². The van der Waals surface area contributed by atoms with Crippen LogP contribution < -0.4 is 5.32 Å². The molecule has 1 aliphatic rings. The molecule has 1 aromatic carbocycles. The van der Waals surface area contributed by atoms with Crippen LogP contribution in [0.5, 0.6) is 0 Å². The minimum atomic E-state index is -0.162. The van der Waals surface area contributed by atoms with Gasteiger partial charge in [0.05, 0.1) is 10.6 Å². The van der Waals surface area contributed by atoms with Gasteiger partial charge in [-0.05, 0) is 29.6 Å². The number of ketones is 2. The highest BCUT2D eigenvalue weighted by atomic mass is 35.5. The monoisotopic (exact) mass is 289 g/mol. The van der Waals surface area contributed by atoms with Crippen molar-refractivity contribution < 1.29 is 9.59 Å². The van der Waals surface area contributed by atoms with Crippen LogP contribution in [0.1, 0.15) is 20.0 Å². The largest absolute Gasteiger partial charge is 0.352 e. The van der Waals surface area contributed by atoms with E-state index in [4.69, 9.17) is 11.6 Å². The third kappa shape index (κ3) is 2.20. The van der Waals surface area contributed by atoms with Gasteiger partial charge in [0.15, 0.2) is 5.78 Å². The lowest BCUT2D eigenvalue weighted by molar-refractivity contribution is 0.0989. The fraction of sp³-hybridized carbons (Fsp3) is 0. The molecule has 19 heavy (non-hydrogen) atoms. The predicted octanol–water partition coefficient (Wildman–Crippen LogP) is 3.78. The Morgan fingerprint density at radius 2 is 2.00 bits per heavy atom. The number of hydrogen-bond acceptors (Lipinski definition) is 4. The zero-order valence-electron chi connectivity index (χ0n) is 9.64. The molecule has 1 aromatic heterocycles. The molecule has 0 aliphatic heterocycles. The van der Waals surface area contributed by atoms with Gasteiger partial charge in [0.1, 0.15) is 0 Å². The predicted molar refractivity (Wildman–Crippen MR) is 76.1 cm³/mol. The zero-order chi connectivity index (χ0) is 13.4. The summed E-state index contributed by atoms with van der Waals surface area (Å²) in [5.41, 5.74) is 1.44. The third-order valence-corrected chi connectivity index (χ3v) is 3.91. The molecule has 1 N–H and O–H groups in total. The molecule has 1 aliphatic carbocycles. The number of benzene rings is 1. The van der Waals surface area contributed by atoms with E-state index in [1.807, 2.05) is 0 Å². The molecule has 3 rings (SSSR count). The Balaban J connectivity index is 1.94. The number of fused-ring (bicyclic) bond motifs is 1. The summed E-state index contributed by atoms with van der Waals surface area (Å²) in [7, 11) is 0. The first-order chi connectivity index (χ1) is 9.15. The molecule has 0 radical (unpaired) electrons. The Kier molecular flexibility index (Phi) is 2.97. The first-order valence-corrected chi connectivity index (χ1v) is 6.82. The van der Waals surface area contributed by atoms with Gasteiger partial charge in [-0.25, -0.2) is 0 Å².